The molecule has 1 aliphatic heterocycles. The number of ether oxygens (including phenoxy) is 2. The van der Waals surface area contributed by atoms with Gasteiger partial charge in [-0.25, -0.2) is 0 Å². The molecule has 2 atom stereocenters. The quantitative estimate of drug-likeness (QED) is 0.795. The van der Waals surface area contributed by atoms with Crippen molar-refractivity contribution >= 4 is 12.0 Å². The van der Waals surface area contributed by atoms with Crippen LogP contribution in [0.25, 0.3) is 0 Å². The van der Waals surface area contributed by atoms with Gasteiger partial charge in [-0.05, 0) is 24.3 Å². The van der Waals surface area contributed by atoms with Crippen LogP contribution in [-0.2, 0) is 9.53 Å². The Morgan fingerprint density at radius 1 is 1.09 bits per heavy atom. The van der Waals surface area contributed by atoms with Crippen molar-refractivity contribution in [1.29, 1.82) is 0 Å². The summed E-state index contributed by atoms with van der Waals surface area (Å²) in [5.74, 6) is 0.829. The lowest BCUT2D eigenvalue weighted by molar-refractivity contribution is -0.112. The summed E-state index contributed by atoms with van der Waals surface area (Å²) in [6.07, 6.45) is 0.887. The van der Waals surface area contributed by atoms with Gasteiger partial charge in [0.05, 0.1) is 6.61 Å². The predicted molar refractivity (Wildman–Crippen MR) is 85.3 cm³/mol. The van der Waals surface area contributed by atoms with Crippen LogP contribution < -0.4 is 9.64 Å². The molecule has 2 unspecified atom stereocenters. The predicted octanol–water partition coefficient (Wildman–Crippen LogP) is 2.54. The third-order valence-electron chi connectivity index (χ3n) is 3.73. The second-order valence-corrected chi connectivity index (χ2v) is 5.27. The molecule has 114 valence electrons. The van der Waals surface area contributed by atoms with E-state index in [4.69, 9.17) is 9.47 Å². The van der Waals surface area contributed by atoms with Crippen LogP contribution in [0.2, 0.25) is 0 Å². The van der Waals surface area contributed by atoms with Gasteiger partial charge >= 0.3 is 0 Å². The Morgan fingerprint density at radius 3 is 2.45 bits per heavy atom. The molecule has 4 heteroatoms. The van der Waals surface area contributed by atoms with Gasteiger partial charge in [-0.3, -0.25) is 0 Å². The fraction of sp³-hybridized carbons (Fsp3) is 0.278. The zero-order valence-electron chi connectivity index (χ0n) is 12.3. The Labute approximate surface area is 130 Å². The molecule has 4 nitrogen and oxygen atoms in total. The van der Waals surface area contributed by atoms with E-state index >= 15 is 0 Å². The first-order valence-electron chi connectivity index (χ1n) is 7.43. The minimum atomic E-state index is -0.240. The number of aldehydes is 1. The minimum Gasteiger partial charge on any atom is -0.491 e. The molecular weight excluding hydrogens is 278 g/mol. The topological polar surface area (TPSA) is 38.8 Å². The van der Waals surface area contributed by atoms with Crippen molar-refractivity contribution in [2.45, 2.75) is 12.1 Å². The van der Waals surface area contributed by atoms with E-state index in [2.05, 4.69) is 4.90 Å². The van der Waals surface area contributed by atoms with Crippen molar-refractivity contribution in [3.8, 4) is 5.75 Å². The highest BCUT2D eigenvalue weighted by Crippen LogP contribution is 2.21. The summed E-state index contributed by atoms with van der Waals surface area (Å²) in [5.41, 5.74) is 1.03. The van der Waals surface area contributed by atoms with Crippen LogP contribution in [0, 0.1) is 0 Å². The zero-order chi connectivity index (χ0) is 15.2. The summed E-state index contributed by atoms with van der Waals surface area (Å²) < 4.78 is 11.5. The molecule has 0 spiro atoms. The lowest BCUT2D eigenvalue weighted by Gasteiger charge is -2.38. The molecule has 0 aromatic heterocycles. The van der Waals surface area contributed by atoms with Gasteiger partial charge in [0.2, 0.25) is 0 Å². The second kappa shape index (κ2) is 7.09. The molecule has 0 bridgehead atoms. The highest BCUT2D eigenvalue weighted by atomic mass is 16.5. The summed E-state index contributed by atoms with van der Waals surface area (Å²) in [5, 5.41) is 0. The molecule has 2 aromatic rings. The number of benzene rings is 2. The van der Waals surface area contributed by atoms with Crippen molar-refractivity contribution < 1.29 is 14.3 Å². The third kappa shape index (κ3) is 3.46. The fourth-order valence-corrected chi connectivity index (χ4v) is 2.57. The van der Waals surface area contributed by atoms with Crippen LogP contribution in [0.3, 0.4) is 0 Å². The Kier molecular flexibility index (Phi) is 4.71. The standard InChI is InChI=1S/C18H19NO3/c20-12-16-13-21-18(14-22-17-9-5-2-6-10-17)11-19(16)15-7-3-1-4-8-15/h1-10,12,16,18H,11,13-14H2. The van der Waals surface area contributed by atoms with Gasteiger partial charge in [-0.1, -0.05) is 36.4 Å². The fourth-order valence-electron chi connectivity index (χ4n) is 2.57. The average Bonchev–Trinajstić information content (AvgIpc) is 2.61. The van der Waals surface area contributed by atoms with E-state index in [1.165, 1.54) is 0 Å². The maximum Gasteiger partial charge on any atom is 0.144 e. The number of carbonyl (C=O) groups excluding carboxylic acids is 1. The number of nitrogens with zero attached hydrogens (tertiary/aromatic N) is 1. The van der Waals surface area contributed by atoms with Crippen LogP contribution in [0.4, 0.5) is 5.69 Å². The Hall–Kier alpha value is -2.33. The molecule has 3 rings (SSSR count). The van der Waals surface area contributed by atoms with Gasteiger partial charge in [0.1, 0.15) is 30.8 Å². The van der Waals surface area contributed by atoms with Gasteiger partial charge in [0, 0.05) is 12.2 Å². The first-order valence-corrected chi connectivity index (χ1v) is 7.43. The number of rotatable bonds is 5. The highest BCUT2D eigenvalue weighted by molar-refractivity contribution is 5.66. The zero-order valence-corrected chi connectivity index (χ0v) is 12.3. The van der Waals surface area contributed by atoms with Crippen LogP contribution in [0.15, 0.2) is 60.7 Å². The molecule has 0 N–H and O–H groups in total. The summed E-state index contributed by atoms with van der Waals surface area (Å²) in [4.78, 5) is 13.4. The maximum atomic E-state index is 11.3. The minimum absolute atomic E-state index is 0.0587. The SMILES string of the molecule is O=CC1COC(COc2ccccc2)CN1c1ccccc1. The number of anilines is 1. The molecule has 0 radical (unpaired) electrons. The normalized spacial score (nSPS) is 21.4. The molecule has 1 heterocycles. The lowest BCUT2D eigenvalue weighted by Crippen LogP contribution is -2.52. The molecule has 2 aromatic carbocycles. The second-order valence-electron chi connectivity index (χ2n) is 5.27. The lowest BCUT2D eigenvalue weighted by atomic mass is 10.1. The van der Waals surface area contributed by atoms with Crippen LogP contribution in [0.5, 0.6) is 5.75 Å². The van der Waals surface area contributed by atoms with Gasteiger partial charge in [0.25, 0.3) is 0 Å². The van der Waals surface area contributed by atoms with E-state index in [0.717, 1.165) is 17.7 Å². The van der Waals surface area contributed by atoms with Gasteiger partial charge < -0.3 is 19.2 Å². The van der Waals surface area contributed by atoms with Crippen molar-refractivity contribution in [2.24, 2.45) is 0 Å². The largest absolute Gasteiger partial charge is 0.491 e. The summed E-state index contributed by atoms with van der Waals surface area (Å²) in [6, 6.07) is 19.4. The van der Waals surface area contributed by atoms with Crippen molar-refractivity contribution in [3.05, 3.63) is 60.7 Å². The number of morpholine rings is 1. The van der Waals surface area contributed by atoms with Gasteiger partial charge in [-0.2, -0.15) is 0 Å². The van der Waals surface area contributed by atoms with Crippen molar-refractivity contribution in [2.75, 3.05) is 24.7 Å². The van der Waals surface area contributed by atoms with Crippen molar-refractivity contribution in [1.82, 2.24) is 0 Å². The molecule has 1 aliphatic rings. The van der Waals surface area contributed by atoms with E-state index in [9.17, 15) is 4.79 Å². The van der Waals surface area contributed by atoms with E-state index in [1.807, 2.05) is 60.7 Å². The number of hydrogen-bond donors (Lipinski definition) is 0. The van der Waals surface area contributed by atoms with Crippen LogP contribution >= 0.6 is 0 Å². The number of carbonyl (C=O) groups is 1. The molecule has 0 saturated carbocycles. The van der Waals surface area contributed by atoms with E-state index in [1.54, 1.807) is 0 Å². The van der Waals surface area contributed by atoms with Crippen molar-refractivity contribution in [3.63, 3.8) is 0 Å². The van der Waals surface area contributed by atoms with Crippen LogP contribution in [0.1, 0.15) is 0 Å². The molecule has 0 amide bonds. The summed E-state index contributed by atoms with van der Waals surface area (Å²) in [6.45, 7) is 1.50. The maximum absolute atomic E-state index is 11.3. The number of para-hydroxylation sites is 2. The summed E-state index contributed by atoms with van der Waals surface area (Å²) >= 11 is 0. The Balaban J connectivity index is 1.64. The molecular formula is C18H19NO3. The van der Waals surface area contributed by atoms with Gasteiger partial charge in [0.15, 0.2) is 0 Å². The number of hydrogen-bond acceptors (Lipinski definition) is 4. The first kappa shape index (κ1) is 14.6. The summed E-state index contributed by atoms with van der Waals surface area (Å²) in [7, 11) is 0. The monoisotopic (exact) mass is 297 g/mol. The molecule has 1 fully saturated rings. The Morgan fingerprint density at radius 2 is 1.77 bits per heavy atom. The van der Waals surface area contributed by atoms with Gasteiger partial charge in [-0.15, -0.1) is 0 Å². The highest BCUT2D eigenvalue weighted by Gasteiger charge is 2.29. The Bertz CT molecular complexity index is 588. The third-order valence-corrected chi connectivity index (χ3v) is 3.73. The van der Waals surface area contributed by atoms with E-state index in [0.29, 0.717) is 19.8 Å². The van der Waals surface area contributed by atoms with Crippen LogP contribution in [-0.4, -0.2) is 38.2 Å². The van der Waals surface area contributed by atoms with E-state index < -0.39 is 0 Å². The average molecular weight is 297 g/mol. The molecule has 22 heavy (non-hydrogen) atoms. The first-order chi connectivity index (χ1) is 10.9. The molecule has 1 saturated heterocycles. The smallest absolute Gasteiger partial charge is 0.144 e. The van der Waals surface area contributed by atoms with E-state index in [-0.39, 0.29) is 12.1 Å². The molecule has 0 aliphatic carbocycles.